The summed E-state index contributed by atoms with van der Waals surface area (Å²) in [6, 6.07) is 6.66. The number of nitrogens with zero attached hydrogens (tertiary/aromatic N) is 1. The van der Waals surface area contributed by atoms with Crippen LogP contribution in [0, 0.1) is 0 Å². The Morgan fingerprint density at radius 2 is 2.06 bits per heavy atom. The fraction of sp³-hybridized carbons (Fsp3) is 0.391. The van der Waals surface area contributed by atoms with E-state index in [2.05, 4.69) is 15.3 Å². The van der Waals surface area contributed by atoms with Crippen LogP contribution >= 0.6 is 23.1 Å². The van der Waals surface area contributed by atoms with Gasteiger partial charge in [-0.05, 0) is 55.5 Å². The van der Waals surface area contributed by atoms with Crippen molar-refractivity contribution in [1.82, 2.24) is 9.97 Å². The van der Waals surface area contributed by atoms with E-state index in [-0.39, 0.29) is 17.4 Å². The second-order valence-electron chi connectivity index (χ2n) is 7.61. The first-order chi connectivity index (χ1) is 15.5. The van der Waals surface area contributed by atoms with Gasteiger partial charge in [0.2, 0.25) is 5.91 Å². The molecule has 2 aromatic heterocycles. The molecule has 168 valence electrons. The molecular weight excluding hydrogens is 446 g/mol. The minimum Gasteiger partial charge on any atom is -0.462 e. The Morgan fingerprint density at radius 3 is 2.84 bits per heavy atom. The van der Waals surface area contributed by atoms with Crippen LogP contribution in [0.15, 0.2) is 29.1 Å². The minimum atomic E-state index is -0.363. The number of thioether (sulfide) groups is 1. The zero-order chi connectivity index (χ0) is 22.5. The molecule has 32 heavy (non-hydrogen) atoms. The maximum atomic E-state index is 12.5. The van der Waals surface area contributed by atoms with Crippen molar-refractivity contribution in [3.63, 3.8) is 0 Å². The zero-order valence-electron chi connectivity index (χ0n) is 17.9. The van der Waals surface area contributed by atoms with Gasteiger partial charge in [-0.1, -0.05) is 6.92 Å². The zero-order valence-corrected chi connectivity index (χ0v) is 19.5. The molecule has 4 rings (SSSR count). The highest BCUT2D eigenvalue weighted by atomic mass is 32.2. The Hall–Kier alpha value is -2.65. The van der Waals surface area contributed by atoms with Crippen LogP contribution in [0.25, 0.3) is 10.2 Å². The van der Waals surface area contributed by atoms with Crippen molar-refractivity contribution in [1.29, 1.82) is 0 Å². The third kappa shape index (κ3) is 5.21. The number of amides is 1. The van der Waals surface area contributed by atoms with Crippen LogP contribution in [-0.4, -0.2) is 34.2 Å². The first-order valence-electron chi connectivity index (χ1n) is 10.7. The highest BCUT2D eigenvalue weighted by molar-refractivity contribution is 7.98. The van der Waals surface area contributed by atoms with Crippen LogP contribution in [0.1, 0.15) is 52.8 Å². The molecule has 1 amide bonds. The molecule has 1 aliphatic carbocycles. The number of carbonyl (C=O) groups is 2. The van der Waals surface area contributed by atoms with Gasteiger partial charge in [-0.15, -0.1) is 11.3 Å². The summed E-state index contributed by atoms with van der Waals surface area (Å²) in [7, 11) is 0. The van der Waals surface area contributed by atoms with Gasteiger partial charge in [-0.3, -0.25) is 9.59 Å². The van der Waals surface area contributed by atoms with Crippen molar-refractivity contribution < 1.29 is 14.3 Å². The summed E-state index contributed by atoms with van der Waals surface area (Å²) in [6.07, 6.45) is 4.24. The molecule has 2 heterocycles. The number of aromatic amines is 1. The molecule has 3 aromatic rings. The van der Waals surface area contributed by atoms with E-state index in [0.29, 0.717) is 41.6 Å². The van der Waals surface area contributed by atoms with Gasteiger partial charge in [0.15, 0.2) is 0 Å². The fourth-order valence-corrected chi connectivity index (χ4v) is 5.73. The number of carbonyl (C=O) groups excluding carboxylic acids is 2. The number of aryl methyl sites for hydroxylation is 2. The van der Waals surface area contributed by atoms with Crippen molar-refractivity contribution in [2.75, 3.05) is 17.7 Å². The number of rotatable bonds is 9. The Morgan fingerprint density at radius 1 is 1.25 bits per heavy atom. The third-order valence-corrected chi connectivity index (χ3v) is 7.33. The van der Waals surface area contributed by atoms with E-state index in [1.54, 1.807) is 47.4 Å². The fourth-order valence-electron chi connectivity index (χ4n) is 3.64. The summed E-state index contributed by atoms with van der Waals surface area (Å²) in [5, 5.41) is 3.59. The summed E-state index contributed by atoms with van der Waals surface area (Å²) in [4.78, 5) is 46.2. The lowest BCUT2D eigenvalue weighted by molar-refractivity contribution is -0.115. The number of nitrogens with one attached hydrogen (secondary N) is 2. The molecule has 0 saturated carbocycles. The predicted octanol–water partition coefficient (Wildman–Crippen LogP) is 4.30. The van der Waals surface area contributed by atoms with Gasteiger partial charge in [0.05, 0.1) is 23.3 Å². The number of esters is 1. The minimum absolute atomic E-state index is 0.0511. The average molecular weight is 472 g/mol. The molecular formula is C23H25N3O4S2. The lowest BCUT2D eigenvalue weighted by atomic mass is 10.2. The summed E-state index contributed by atoms with van der Waals surface area (Å²) < 4.78 is 5.09. The second kappa shape index (κ2) is 10.3. The van der Waals surface area contributed by atoms with Gasteiger partial charge in [-0.2, -0.15) is 11.8 Å². The summed E-state index contributed by atoms with van der Waals surface area (Å²) in [5.41, 5.74) is 2.22. The standard InChI is InChI=1S/C23H25N3O4S2/c1-2-11-30-23(29)14-6-8-15(9-7-14)24-19(27)10-12-31-13-18-25-21(28)20-16-4-3-5-17(16)32-22(20)26-18/h6-9H,2-5,10-13H2,1H3,(H,24,27)(H,25,26,28). The quantitative estimate of drug-likeness (QED) is 0.356. The van der Waals surface area contributed by atoms with Gasteiger partial charge < -0.3 is 15.0 Å². The summed E-state index contributed by atoms with van der Waals surface area (Å²) in [5.74, 6) is 1.34. The molecule has 0 atom stereocenters. The molecule has 0 radical (unpaired) electrons. The maximum Gasteiger partial charge on any atom is 0.338 e. The maximum absolute atomic E-state index is 12.5. The average Bonchev–Trinajstić information content (AvgIpc) is 3.36. The number of thiophene rings is 1. The van der Waals surface area contributed by atoms with Crippen LogP contribution in [0.5, 0.6) is 0 Å². The molecule has 2 N–H and O–H groups in total. The van der Waals surface area contributed by atoms with E-state index in [1.165, 1.54) is 10.4 Å². The van der Waals surface area contributed by atoms with E-state index in [9.17, 15) is 14.4 Å². The molecule has 0 spiro atoms. The normalized spacial score (nSPS) is 12.7. The van der Waals surface area contributed by atoms with Gasteiger partial charge >= 0.3 is 5.97 Å². The molecule has 0 aliphatic heterocycles. The number of ether oxygens (including phenoxy) is 1. The van der Waals surface area contributed by atoms with E-state index in [1.807, 2.05) is 6.92 Å². The Labute approximate surface area is 194 Å². The molecule has 7 nitrogen and oxygen atoms in total. The van der Waals surface area contributed by atoms with Gasteiger partial charge in [0.25, 0.3) is 5.56 Å². The first kappa shape index (κ1) is 22.5. The van der Waals surface area contributed by atoms with E-state index in [4.69, 9.17) is 4.74 Å². The SMILES string of the molecule is CCCOC(=O)c1ccc(NC(=O)CCSCc2nc3sc4c(c3c(=O)[nH]2)CCC4)cc1. The molecule has 9 heteroatoms. The predicted molar refractivity (Wildman–Crippen MR) is 129 cm³/mol. The Bertz CT molecular complexity index is 1180. The highest BCUT2D eigenvalue weighted by Gasteiger charge is 2.21. The van der Waals surface area contributed by atoms with E-state index >= 15 is 0 Å². The number of aromatic nitrogens is 2. The smallest absolute Gasteiger partial charge is 0.338 e. The van der Waals surface area contributed by atoms with Crippen LogP contribution < -0.4 is 10.9 Å². The van der Waals surface area contributed by atoms with Crippen LogP contribution in [-0.2, 0) is 28.1 Å². The highest BCUT2D eigenvalue weighted by Crippen LogP contribution is 2.34. The lowest BCUT2D eigenvalue weighted by Crippen LogP contribution is -2.13. The number of hydrogen-bond acceptors (Lipinski definition) is 7. The van der Waals surface area contributed by atoms with Crippen molar-refractivity contribution in [3.8, 4) is 0 Å². The lowest BCUT2D eigenvalue weighted by Gasteiger charge is -2.07. The van der Waals surface area contributed by atoms with Gasteiger partial charge in [0, 0.05) is 22.7 Å². The summed E-state index contributed by atoms with van der Waals surface area (Å²) >= 11 is 3.19. The van der Waals surface area contributed by atoms with Crippen molar-refractivity contribution in [2.45, 2.75) is 44.8 Å². The monoisotopic (exact) mass is 471 g/mol. The molecule has 1 aromatic carbocycles. The number of benzene rings is 1. The molecule has 0 fully saturated rings. The molecule has 0 bridgehead atoms. The third-order valence-electron chi connectivity index (χ3n) is 5.18. The Kier molecular flexibility index (Phi) is 7.26. The van der Waals surface area contributed by atoms with E-state index < -0.39 is 0 Å². The summed E-state index contributed by atoms with van der Waals surface area (Å²) in [6.45, 7) is 2.33. The number of H-pyrrole nitrogens is 1. The van der Waals surface area contributed by atoms with Crippen LogP contribution in [0.2, 0.25) is 0 Å². The van der Waals surface area contributed by atoms with Crippen molar-refractivity contribution in [3.05, 3.63) is 56.4 Å². The van der Waals surface area contributed by atoms with Crippen LogP contribution in [0.4, 0.5) is 5.69 Å². The molecule has 0 saturated heterocycles. The van der Waals surface area contributed by atoms with Crippen molar-refractivity contribution in [2.24, 2.45) is 0 Å². The van der Waals surface area contributed by atoms with Gasteiger partial charge in [-0.25, -0.2) is 9.78 Å². The topological polar surface area (TPSA) is 101 Å². The second-order valence-corrected chi connectivity index (χ2v) is 9.80. The first-order valence-corrected chi connectivity index (χ1v) is 12.7. The Balaban J connectivity index is 1.24. The van der Waals surface area contributed by atoms with Crippen LogP contribution in [0.3, 0.4) is 0 Å². The number of hydrogen-bond donors (Lipinski definition) is 2. The number of fused-ring (bicyclic) bond motifs is 3. The largest absolute Gasteiger partial charge is 0.462 e. The number of anilines is 1. The van der Waals surface area contributed by atoms with Crippen molar-refractivity contribution >= 4 is 50.9 Å². The molecule has 0 unspecified atom stereocenters. The van der Waals surface area contributed by atoms with Gasteiger partial charge in [0.1, 0.15) is 10.7 Å². The van der Waals surface area contributed by atoms with E-state index in [0.717, 1.165) is 35.9 Å². The molecule has 1 aliphatic rings.